The highest BCUT2D eigenvalue weighted by Crippen LogP contribution is 2.24. The molecule has 0 aliphatic rings. The van der Waals surface area contributed by atoms with Crippen molar-refractivity contribution in [3.05, 3.63) is 47.5 Å². The van der Waals surface area contributed by atoms with E-state index in [2.05, 4.69) is 50.2 Å². The summed E-state index contributed by atoms with van der Waals surface area (Å²) in [5.41, 5.74) is 3.06. The second kappa shape index (κ2) is 8.74. The van der Waals surface area contributed by atoms with Gasteiger partial charge in [0.05, 0.1) is 0 Å². The molecule has 18 heavy (non-hydrogen) atoms. The molecule has 0 nitrogen and oxygen atoms in total. The van der Waals surface area contributed by atoms with Crippen LogP contribution >= 0.6 is 0 Å². The van der Waals surface area contributed by atoms with Gasteiger partial charge in [-0.25, -0.2) is 0 Å². The molecule has 0 heterocycles. The van der Waals surface area contributed by atoms with Crippen LogP contribution in [-0.2, 0) is 12.8 Å². The van der Waals surface area contributed by atoms with Gasteiger partial charge in [0.25, 0.3) is 0 Å². The second-order valence-corrected chi connectivity index (χ2v) is 4.03. The van der Waals surface area contributed by atoms with Gasteiger partial charge in [0.1, 0.15) is 0 Å². The molecule has 0 radical (unpaired) electrons. The molecule has 0 N–H and O–H groups in total. The highest BCUT2D eigenvalue weighted by atomic mass is 14.1. The van der Waals surface area contributed by atoms with Gasteiger partial charge in [-0.2, -0.15) is 0 Å². The molecule has 0 aliphatic carbocycles. The van der Waals surface area contributed by atoms with Crippen LogP contribution in [0.2, 0.25) is 0 Å². The molecule has 2 aromatic rings. The normalized spacial score (nSPS) is 9.33. The maximum Gasteiger partial charge on any atom is -0.0149 e. The van der Waals surface area contributed by atoms with Gasteiger partial charge in [-0.1, -0.05) is 77.9 Å². The van der Waals surface area contributed by atoms with Gasteiger partial charge in [0, 0.05) is 0 Å². The van der Waals surface area contributed by atoms with Crippen LogP contribution in [-0.4, -0.2) is 0 Å². The molecule has 0 saturated carbocycles. The van der Waals surface area contributed by atoms with Crippen LogP contribution in [0.15, 0.2) is 36.4 Å². The minimum absolute atomic E-state index is 0. The Morgan fingerprint density at radius 1 is 0.889 bits per heavy atom. The average Bonchev–Trinajstić information content (AvgIpc) is 2.42. The van der Waals surface area contributed by atoms with Crippen molar-refractivity contribution in [1.29, 1.82) is 0 Å². The predicted molar refractivity (Wildman–Crippen MR) is 85.4 cm³/mol. The van der Waals surface area contributed by atoms with E-state index in [4.69, 9.17) is 0 Å². The van der Waals surface area contributed by atoms with Gasteiger partial charge in [-0.3, -0.25) is 0 Å². The molecule has 0 unspecified atom stereocenters. The third kappa shape index (κ3) is 3.60. The fourth-order valence-corrected chi connectivity index (χ4v) is 2.26. The first kappa shape index (κ1) is 16.7. The van der Waals surface area contributed by atoms with Gasteiger partial charge in [-0.05, 0) is 34.7 Å². The summed E-state index contributed by atoms with van der Waals surface area (Å²) in [6.07, 6.45) is 3.56. The van der Waals surface area contributed by atoms with Crippen molar-refractivity contribution < 1.29 is 0 Å². The number of rotatable bonds is 3. The van der Waals surface area contributed by atoms with E-state index in [0.29, 0.717) is 0 Å². The summed E-state index contributed by atoms with van der Waals surface area (Å²) in [6.45, 7) is 8.49. The predicted octanol–water partition coefficient (Wildman–Crippen LogP) is 6.02. The van der Waals surface area contributed by atoms with Gasteiger partial charge in [-0.15, -0.1) is 0 Å². The zero-order valence-electron chi connectivity index (χ0n) is 11.6. The van der Waals surface area contributed by atoms with Crippen LogP contribution < -0.4 is 0 Å². The summed E-state index contributed by atoms with van der Waals surface area (Å²) in [5.74, 6) is 0. The SMILES string of the molecule is C.CC.CCCc1c(CC)ccc2ccccc12. The standard InChI is InChI=1S/C15H18.C2H6.CH4/c1-3-7-14-12(4-2)10-11-13-8-5-6-9-15(13)14;1-2;/h5-6,8-11H,3-4,7H2,1-2H3;1-2H3;1H4. The topological polar surface area (TPSA) is 0 Å². The number of hydrogen-bond acceptors (Lipinski definition) is 0. The Labute approximate surface area is 113 Å². The molecule has 0 atom stereocenters. The first-order valence-electron chi connectivity index (χ1n) is 6.86. The van der Waals surface area contributed by atoms with Crippen molar-refractivity contribution in [3.63, 3.8) is 0 Å². The zero-order valence-corrected chi connectivity index (χ0v) is 11.6. The van der Waals surface area contributed by atoms with Gasteiger partial charge >= 0.3 is 0 Å². The van der Waals surface area contributed by atoms with E-state index in [1.54, 1.807) is 5.56 Å². The molecule has 0 heteroatoms. The van der Waals surface area contributed by atoms with Crippen molar-refractivity contribution >= 4 is 10.8 Å². The summed E-state index contributed by atoms with van der Waals surface area (Å²) in [7, 11) is 0. The van der Waals surface area contributed by atoms with Crippen LogP contribution in [0, 0.1) is 0 Å². The summed E-state index contributed by atoms with van der Waals surface area (Å²) in [6, 6.07) is 13.2. The highest BCUT2D eigenvalue weighted by Gasteiger charge is 2.04. The third-order valence-electron chi connectivity index (χ3n) is 3.02. The van der Waals surface area contributed by atoms with Crippen LogP contribution in [0.1, 0.15) is 52.7 Å². The van der Waals surface area contributed by atoms with E-state index in [1.807, 2.05) is 13.8 Å². The Hall–Kier alpha value is -1.30. The van der Waals surface area contributed by atoms with Gasteiger partial charge < -0.3 is 0 Å². The van der Waals surface area contributed by atoms with E-state index in [1.165, 1.54) is 29.2 Å². The fraction of sp³-hybridized carbons (Fsp3) is 0.444. The third-order valence-corrected chi connectivity index (χ3v) is 3.02. The van der Waals surface area contributed by atoms with Crippen LogP contribution in [0.4, 0.5) is 0 Å². The molecule has 0 spiro atoms. The Balaban J connectivity index is 0.000000917. The smallest absolute Gasteiger partial charge is 0.0149 e. The van der Waals surface area contributed by atoms with Crippen molar-refractivity contribution in [2.45, 2.75) is 54.4 Å². The van der Waals surface area contributed by atoms with Gasteiger partial charge in [0.2, 0.25) is 0 Å². The Morgan fingerprint density at radius 2 is 1.56 bits per heavy atom. The Kier molecular flexibility index (Phi) is 8.11. The molecule has 0 bridgehead atoms. The first-order chi connectivity index (χ1) is 8.36. The maximum absolute atomic E-state index is 2.29. The fourth-order valence-electron chi connectivity index (χ4n) is 2.26. The number of aryl methyl sites for hydroxylation is 2. The minimum Gasteiger partial charge on any atom is -0.0776 e. The van der Waals surface area contributed by atoms with Crippen LogP contribution in [0.3, 0.4) is 0 Å². The number of hydrogen-bond donors (Lipinski definition) is 0. The molecule has 0 amide bonds. The van der Waals surface area contributed by atoms with E-state index in [9.17, 15) is 0 Å². The molecule has 0 aromatic heterocycles. The van der Waals surface area contributed by atoms with Crippen LogP contribution in [0.25, 0.3) is 10.8 Å². The molecule has 0 aliphatic heterocycles. The van der Waals surface area contributed by atoms with Crippen LogP contribution in [0.5, 0.6) is 0 Å². The summed E-state index contributed by atoms with van der Waals surface area (Å²) >= 11 is 0. The first-order valence-corrected chi connectivity index (χ1v) is 6.86. The minimum atomic E-state index is 0. The Morgan fingerprint density at radius 3 is 2.17 bits per heavy atom. The largest absolute Gasteiger partial charge is 0.0776 e. The highest BCUT2D eigenvalue weighted by molar-refractivity contribution is 5.86. The summed E-state index contributed by atoms with van der Waals surface area (Å²) < 4.78 is 0. The molecular weight excluding hydrogens is 216 g/mol. The molecule has 2 aromatic carbocycles. The van der Waals surface area contributed by atoms with E-state index in [0.717, 1.165) is 6.42 Å². The quantitative estimate of drug-likeness (QED) is 0.619. The lowest BCUT2D eigenvalue weighted by molar-refractivity contribution is 0.908. The average molecular weight is 244 g/mol. The van der Waals surface area contributed by atoms with E-state index >= 15 is 0 Å². The van der Waals surface area contributed by atoms with Crippen molar-refractivity contribution in [3.8, 4) is 0 Å². The van der Waals surface area contributed by atoms with Gasteiger partial charge in [0.15, 0.2) is 0 Å². The molecule has 0 saturated heterocycles. The zero-order chi connectivity index (χ0) is 12.7. The van der Waals surface area contributed by atoms with Crippen molar-refractivity contribution in [2.75, 3.05) is 0 Å². The Bertz CT molecular complexity index is 455. The summed E-state index contributed by atoms with van der Waals surface area (Å²) in [5, 5.41) is 2.82. The lowest BCUT2D eigenvalue weighted by Crippen LogP contribution is -1.93. The molecule has 0 fully saturated rings. The van der Waals surface area contributed by atoms with E-state index < -0.39 is 0 Å². The molecule has 2 rings (SSSR count). The lowest BCUT2D eigenvalue weighted by Gasteiger charge is -2.10. The maximum atomic E-state index is 2.29. The molecular formula is C18H28. The second-order valence-electron chi connectivity index (χ2n) is 4.03. The number of benzene rings is 2. The van der Waals surface area contributed by atoms with E-state index in [-0.39, 0.29) is 7.43 Å². The lowest BCUT2D eigenvalue weighted by atomic mass is 9.94. The van der Waals surface area contributed by atoms with Crippen molar-refractivity contribution in [2.24, 2.45) is 0 Å². The summed E-state index contributed by atoms with van der Waals surface area (Å²) in [4.78, 5) is 0. The molecule has 100 valence electrons. The monoisotopic (exact) mass is 244 g/mol. The van der Waals surface area contributed by atoms with Crippen molar-refractivity contribution in [1.82, 2.24) is 0 Å². The number of fused-ring (bicyclic) bond motifs is 1.